The minimum Gasteiger partial charge on any atom is -0.466 e. The van der Waals surface area contributed by atoms with Crippen molar-refractivity contribution in [1.29, 1.82) is 0 Å². The first kappa shape index (κ1) is 78.4. The van der Waals surface area contributed by atoms with E-state index < -0.39 is 49.5 Å². The Balaban J connectivity index is 1.88. The van der Waals surface area contributed by atoms with E-state index in [1.165, 1.54) is 289 Å². The number of unbranched alkanes of at least 4 members (excludes halogenated alkanes) is 50. The molecule has 7 unspecified atom stereocenters. The maximum Gasteiger partial charge on any atom is 0.305 e. The SMILES string of the molecule is CCCCCCCCC/C=C/C(O)C(COC1OC(CO)C(O)C(O)C1O)NC(=O)CCCCCCCCCCCCCCCCCCCCCCCCCCCCCCCCOC(=O)CCCCCCCCCCCCCCCCC. The number of hydrogen-bond acceptors (Lipinski definition) is 10. The maximum absolute atomic E-state index is 13.0. The molecule has 6 N–H and O–H groups in total. The number of allylic oxidation sites excluding steroid dienone is 1. The second-order valence-electron chi connectivity index (χ2n) is 25.3. The number of carbonyl (C=O) groups is 2. The standard InChI is InChI=1S/C71H137NO10/c1-3-5-7-9-11-13-14-15-32-36-39-43-47-51-55-59-67(76)80-60-56-52-48-44-40-37-34-31-29-27-25-23-21-19-17-16-18-20-22-24-26-28-30-33-35-38-42-46-50-54-58-66(75)72-63(64(74)57-53-49-45-41-12-10-8-6-4-2)62-81-71-70(79)69(78)68(77)65(61-73)82-71/h53,57,63-65,68-71,73-74,77-79H,3-52,54-56,58-62H2,1-2H3,(H,72,75)/b57-53+. The van der Waals surface area contributed by atoms with Gasteiger partial charge in [0.25, 0.3) is 0 Å². The normalized spacial score (nSPS) is 18.2. The van der Waals surface area contributed by atoms with Gasteiger partial charge in [0.15, 0.2) is 6.29 Å². The van der Waals surface area contributed by atoms with Crippen molar-refractivity contribution >= 4 is 11.9 Å². The Morgan fingerprint density at radius 2 is 0.768 bits per heavy atom. The van der Waals surface area contributed by atoms with Crippen LogP contribution in [0, 0.1) is 0 Å². The van der Waals surface area contributed by atoms with E-state index in [0.29, 0.717) is 19.4 Å². The summed E-state index contributed by atoms with van der Waals surface area (Å²) in [6.45, 7) is 4.36. The molecule has 1 aliphatic heterocycles. The third kappa shape index (κ3) is 49.5. The lowest BCUT2D eigenvalue weighted by atomic mass is 9.99. The fourth-order valence-corrected chi connectivity index (χ4v) is 11.7. The zero-order chi connectivity index (χ0) is 59.5. The smallest absolute Gasteiger partial charge is 0.305 e. The Kier molecular flexibility index (Phi) is 58.4. The van der Waals surface area contributed by atoms with E-state index in [2.05, 4.69) is 19.2 Å². The summed E-state index contributed by atoms with van der Waals surface area (Å²) < 4.78 is 16.7. The first-order chi connectivity index (χ1) is 40.2. The van der Waals surface area contributed by atoms with Gasteiger partial charge in [-0.05, 0) is 32.1 Å². The summed E-state index contributed by atoms with van der Waals surface area (Å²) in [6.07, 6.45) is 65.1. The minimum atomic E-state index is -1.57. The van der Waals surface area contributed by atoms with Gasteiger partial charge in [-0.3, -0.25) is 9.59 Å². The molecular weight excluding hydrogens is 1030 g/mol. The molecule has 0 saturated carbocycles. The average molecular weight is 1160 g/mol. The largest absolute Gasteiger partial charge is 0.466 e. The molecule has 1 amide bonds. The van der Waals surface area contributed by atoms with Crippen LogP contribution in [0.3, 0.4) is 0 Å². The molecule has 0 aromatic heterocycles. The second kappa shape index (κ2) is 61.1. The number of aliphatic hydroxyl groups is 5. The number of amides is 1. The van der Waals surface area contributed by atoms with Gasteiger partial charge in [0.05, 0.1) is 32.0 Å². The molecular formula is C71H137NO10. The highest BCUT2D eigenvalue weighted by Gasteiger charge is 2.44. The van der Waals surface area contributed by atoms with Crippen LogP contribution < -0.4 is 5.32 Å². The predicted molar refractivity (Wildman–Crippen MR) is 343 cm³/mol. The van der Waals surface area contributed by atoms with Crippen molar-refractivity contribution in [2.75, 3.05) is 19.8 Å². The Hall–Kier alpha value is -1.60. The van der Waals surface area contributed by atoms with Crippen LogP contribution in [0.5, 0.6) is 0 Å². The highest BCUT2D eigenvalue weighted by Crippen LogP contribution is 2.24. The fourth-order valence-electron chi connectivity index (χ4n) is 11.7. The third-order valence-corrected chi connectivity index (χ3v) is 17.4. The van der Waals surface area contributed by atoms with Crippen LogP contribution in [0.4, 0.5) is 0 Å². The van der Waals surface area contributed by atoms with E-state index >= 15 is 0 Å². The summed E-state index contributed by atoms with van der Waals surface area (Å²) in [7, 11) is 0. The van der Waals surface area contributed by atoms with Gasteiger partial charge in [0, 0.05) is 12.8 Å². The molecule has 1 aliphatic rings. The van der Waals surface area contributed by atoms with E-state index in [9.17, 15) is 35.1 Å². The molecule has 1 saturated heterocycles. The van der Waals surface area contributed by atoms with Crippen LogP contribution in [0.1, 0.15) is 367 Å². The zero-order valence-corrected chi connectivity index (χ0v) is 54.0. The fraction of sp³-hybridized carbons (Fsp3) is 0.944. The number of hydrogen-bond donors (Lipinski definition) is 6. The van der Waals surface area contributed by atoms with Gasteiger partial charge in [-0.1, -0.05) is 334 Å². The van der Waals surface area contributed by atoms with Gasteiger partial charge < -0.3 is 45.1 Å². The van der Waals surface area contributed by atoms with E-state index in [0.717, 1.165) is 51.4 Å². The molecule has 0 aliphatic carbocycles. The van der Waals surface area contributed by atoms with Crippen molar-refractivity contribution in [3.8, 4) is 0 Å². The molecule has 0 spiro atoms. The van der Waals surface area contributed by atoms with E-state index in [4.69, 9.17) is 14.2 Å². The number of ether oxygens (including phenoxy) is 3. The first-order valence-electron chi connectivity index (χ1n) is 36.0. The van der Waals surface area contributed by atoms with Crippen molar-refractivity contribution in [1.82, 2.24) is 5.32 Å². The van der Waals surface area contributed by atoms with E-state index in [-0.39, 0.29) is 18.5 Å². The summed E-state index contributed by atoms with van der Waals surface area (Å²) >= 11 is 0. The van der Waals surface area contributed by atoms with Gasteiger partial charge in [-0.2, -0.15) is 0 Å². The summed E-state index contributed by atoms with van der Waals surface area (Å²) in [5.41, 5.74) is 0. The van der Waals surface area contributed by atoms with Crippen molar-refractivity contribution in [3.05, 3.63) is 12.2 Å². The van der Waals surface area contributed by atoms with Crippen molar-refractivity contribution in [3.63, 3.8) is 0 Å². The number of esters is 1. The lowest BCUT2D eigenvalue weighted by Crippen LogP contribution is -2.60. The summed E-state index contributed by atoms with van der Waals surface area (Å²) in [4.78, 5) is 25.1. The van der Waals surface area contributed by atoms with Crippen LogP contribution in [-0.2, 0) is 23.8 Å². The van der Waals surface area contributed by atoms with Crippen LogP contribution in [0.2, 0.25) is 0 Å². The topological polar surface area (TPSA) is 175 Å². The average Bonchev–Trinajstić information content (AvgIpc) is 3.53. The molecule has 1 rings (SSSR count). The predicted octanol–water partition coefficient (Wildman–Crippen LogP) is 18.2. The van der Waals surface area contributed by atoms with Crippen molar-refractivity contribution < 1.29 is 49.3 Å². The molecule has 0 aromatic carbocycles. The Morgan fingerprint density at radius 1 is 0.439 bits per heavy atom. The zero-order valence-electron chi connectivity index (χ0n) is 54.0. The Morgan fingerprint density at radius 3 is 1.13 bits per heavy atom. The maximum atomic E-state index is 13.0. The van der Waals surface area contributed by atoms with Crippen molar-refractivity contribution in [2.24, 2.45) is 0 Å². The van der Waals surface area contributed by atoms with Gasteiger partial charge in [-0.15, -0.1) is 0 Å². The molecule has 1 fully saturated rings. The van der Waals surface area contributed by atoms with Gasteiger partial charge in [0.1, 0.15) is 24.4 Å². The lowest BCUT2D eigenvalue weighted by Gasteiger charge is -2.40. The summed E-state index contributed by atoms with van der Waals surface area (Å²) in [6, 6.07) is -0.804. The number of rotatable bonds is 64. The highest BCUT2D eigenvalue weighted by atomic mass is 16.7. The number of nitrogens with one attached hydrogen (secondary N) is 1. The molecule has 0 bridgehead atoms. The molecule has 11 heteroatoms. The quantitative estimate of drug-likeness (QED) is 0.0195. The molecule has 0 aromatic rings. The Bertz CT molecular complexity index is 1370. The minimum absolute atomic E-state index is 0.0155. The second-order valence-corrected chi connectivity index (χ2v) is 25.3. The third-order valence-electron chi connectivity index (χ3n) is 17.4. The molecule has 11 nitrogen and oxygen atoms in total. The first-order valence-corrected chi connectivity index (χ1v) is 36.0. The summed E-state index contributed by atoms with van der Waals surface area (Å²) in [5, 5.41) is 54.3. The molecule has 0 radical (unpaired) electrons. The van der Waals surface area contributed by atoms with E-state index in [1.54, 1.807) is 6.08 Å². The molecule has 7 atom stereocenters. The number of carbonyl (C=O) groups excluding carboxylic acids is 2. The van der Waals surface area contributed by atoms with Crippen LogP contribution in [0.15, 0.2) is 12.2 Å². The van der Waals surface area contributed by atoms with E-state index in [1.807, 2.05) is 6.08 Å². The van der Waals surface area contributed by atoms with Gasteiger partial charge >= 0.3 is 5.97 Å². The van der Waals surface area contributed by atoms with Crippen molar-refractivity contribution in [2.45, 2.75) is 410 Å². The highest BCUT2D eigenvalue weighted by molar-refractivity contribution is 5.76. The van der Waals surface area contributed by atoms with Gasteiger partial charge in [0.2, 0.25) is 5.91 Å². The monoisotopic (exact) mass is 1160 g/mol. The van der Waals surface area contributed by atoms with Crippen LogP contribution in [-0.4, -0.2) is 100 Å². The van der Waals surface area contributed by atoms with Gasteiger partial charge in [-0.25, -0.2) is 0 Å². The molecule has 1 heterocycles. The molecule has 486 valence electrons. The summed E-state index contributed by atoms with van der Waals surface area (Å²) in [5.74, 6) is -0.162. The Labute approximate surface area is 506 Å². The molecule has 82 heavy (non-hydrogen) atoms. The number of aliphatic hydroxyl groups excluding tert-OH is 5. The van der Waals surface area contributed by atoms with Crippen LogP contribution in [0.25, 0.3) is 0 Å². The van der Waals surface area contributed by atoms with Crippen LogP contribution >= 0.6 is 0 Å². The lowest BCUT2D eigenvalue weighted by molar-refractivity contribution is -0.302.